The lowest BCUT2D eigenvalue weighted by Gasteiger charge is -2.22. The van der Waals surface area contributed by atoms with Crippen LogP contribution in [0.2, 0.25) is 5.02 Å². The minimum Gasteiger partial charge on any atom is -0.381 e. The average Bonchev–Trinajstić information content (AvgIpc) is 3.05. The molecular formula is C20H22ClN5O2S. The second kappa shape index (κ2) is 9.11. The summed E-state index contributed by atoms with van der Waals surface area (Å²) in [6.07, 6.45) is 2.63. The van der Waals surface area contributed by atoms with Gasteiger partial charge in [0.2, 0.25) is 0 Å². The molecule has 1 fully saturated rings. The summed E-state index contributed by atoms with van der Waals surface area (Å²) in [6, 6.07) is 9.36. The number of amides is 1. The third-order valence-electron chi connectivity index (χ3n) is 4.75. The highest BCUT2D eigenvalue weighted by Gasteiger charge is 2.18. The number of aromatic nitrogens is 4. The Kier molecular flexibility index (Phi) is 6.32. The number of fused-ring (bicyclic) bond motifs is 1. The van der Waals surface area contributed by atoms with Crippen molar-refractivity contribution in [2.24, 2.45) is 0 Å². The van der Waals surface area contributed by atoms with Gasteiger partial charge in [-0.05, 0) is 61.4 Å². The van der Waals surface area contributed by atoms with Crippen molar-refractivity contribution in [1.82, 2.24) is 25.1 Å². The lowest BCUT2D eigenvalue weighted by Crippen LogP contribution is -2.39. The Labute approximate surface area is 178 Å². The molecule has 1 aromatic carbocycles. The summed E-state index contributed by atoms with van der Waals surface area (Å²) in [5.74, 6) is -0.200. The molecule has 9 heteroatoms. The molecular weight excluding hydrogens is 410 g/mol. The first kappa shape index (κ1) is 20.1. The molecule has 0 saturated carbocycles. The van der Waals surface area contributed by atoms with E-state index >= 15 is 0 Å². The molecule has 152 valence electrons. The third-order valence-corrected chi connectivity index (χ3v) is 5.90. The minimum absolute atomic E-state index is 0.132. The number of hydrogen-bond donors (Lipinski definition) is 1. The molecule has 0 unspecified atom stereocenters. The molecule has 3 heterocycles. The van der Waals surface area contributed by atoms with Crippen molar-refractivity contribution in [1.29, 1.82) is 0 Å². The fourth-order valence-corrected chi connectivity index (χ4v) is 4.30. The first-order chi connectivity index (χ1) is 14.1. The summed E-state index contributed by atoms with van der Waals surface area (Å²) in [5, 5.41) is 13.5. The van der Waals surface area contributed by atoms with E-state index in [9.17, 15) is 4.79 Å². The Morgan fingerprint density at radius 3 is 2.83 bits per heavy atom. The van der Waals surface area contributed by atoms with Crippen LogP contribution in [0.15, 0.2) is 40.5 Å². The molecule has 1 amide bonds. The van der Waals surface area contributed by atoms with Gasteiger partial charge in [0.15, 0.2) is 10.9 Å². The molecule has 1 N–H and O–H groups in total. The van der Waals surface area contributed by atoms with Gasteiger partial charge in [-0.2, -0.15) is 0 Å². The number of hydrogen-bond acceptors (Lipinski definition) is 6. The molecule has 4 rings (SSSR count). The van der Waals surface area contributed by atoms with Gasteiger partial charge in [0.05, 0.1) is 11.0 Å². The Morgan fingerprint density at radius 2 is 2.10 bits per heavy atom. The number of nitrogens with zero attached hydrogens (tertiary/aromatic N) is 4. The lowest BCUT2D eigenvalue weighted by molar-refractivity contribution is 0.0693. The molecule has 0 spiro atoms. The molecule has 0 bridgehead atoms. The van der Waals surface area contributed by atoms with Crippen molar-refractivity contribution in [3.8, 4) is 0 Å². The highest BCUT2D eigenvalue weighted by atomic mass is 35.5. The van der Waals surface area contributed by atoms with E-state index in [-0.39, 0.29) is 11.9 Å². The molecule has 29 heavy (non-hydrogen) atoms. The zero-order chi connectivity index (χ0) is 20.2. The molecule has 3 aromatic rings. The highest BCUT2D eigenvalue weighted by molar-refractivity contribution is 7.99. The summed E-state index contributed by atoms with van der Waals surface area (Å²) in [6.45, 7) is 4.33. The topological polar surface area (TPSA) is 81.9 Å². The van der Waals surface area contributed by atoms with Gasteiger partial charge in [-0.3, -0.25) is 4.79 Å². The zero-order valence-corrected chi connectivity index (χ0v) is 17.7. The van der Waals surface area contributed by atoms with Gasteiger partial charge in [-0.25, -0.2) is 4.98 Å². The van der Waals surface area contributed by atoms with Crippen LogP contribution in [0.5, 0.6) is 0 Å². The van der Waals surface area contributed by atoms with E-state index in [4.69, 9.17) is 21.3 Å². The van der Waals surface area contributed by atoms with Gasteiger partial charge < -0.3 is 14.6 Å². The zero-order valence-electron chi connectivity index (χ0n) is 16.1. The van der Waals surface area contributed by atoms with E-state index in [0.29, 0.717) is 29.0 Å². The summed E-state index contributed by atoms with van der Waals surface area (Å²) in [5.41, 5.74) is 2.21. The van der Waals surface area contributed by atoms with Gasteiger partial charge in [-0.1, -0.05) is 18.5 Å². The van der Waals surface area contributed by atoms with Gasteiger partial charge in [0, 0.05) is 30.8 Å². The fraction of sp³-hybridized carbons (Fsp3) is 0.400. The van der Waals surface area contributed by atoms with Crippen LogP contribution in [0, 0.1) is 0 Å². The SMILES string of the molecule is CCCn1c(Sc2ccc(C(=O)NC3CCOCC3)nn2)nc2cc(Cl)ccc21. The number of nitrogens with one attached hydrogen (secondary N) is 1. The van der Waals surface area contributed by atoms with Crippen LogP contribution in [0.25, 0.3) is 11.0 Å². The monoisotopic (exact) mass is 431 g/mol. The molecule has 7 nitrogen and oxygen atoms in total. The number of benzene rings is 1. The van der Waals surface area contributed by atoms with Gasteiger partial charge in [0.25, 0.3) is 5.91 Å². The number of ether oxygens (including phenoxy) is 1. The maximum atomic E-state index is 12.4. The first-order valence-electron chi connectivity index (χ1n) is 9.70. The summed E-state index contributed by atoms with van der Waals surface area (Å²) in [7, 11) is 0. The van der Waals surface area contributed by atoms with Crippen LogP contribution >= 0.6 is 23.4 Å². The van der Waals surface area contributed by atoms with Crippen LogP contribution in [-0.2, 0) is 11.3 Å². The van der Waals surface area contributed by atoms with E-state index in [0.717, 1.165) is 42.0 Å². The Balaban J connectivity index is 1.49. The van der Waals surface area contributed by atoms with Crippen molar-refractivity contribution in [2.75, 3.05) is 13.2 Å². The number of halogens is 1. The molecule has 2 aromatic heterocycles. The second-order valence-corrected chi connectivity index (χ2v) is 8.32. The van der Waals surface area contributed by atoms with E-state index in [1.54, 1.807) is 12.1 Å². The predicted octanol–water partition coefficient (Wildman–Crippen LogP) is 3.95. The first-order valence-corrected chi connectivity index (χ1v) is 10.9. The smallest absolute Gasteiger partial charge is 0.272 e. The number of rotatable bonds is 6. The summed E-state index contributed by atoms with van der Waals surface area (Å²) < 4.78 is 7.47. The highest BCUT2D eigenvalue weighted by Crippen LogP contribution is 2.30. The maximum absolute atomic E-state index is 12.4. The molecule has 0 atom stereocenters. The summed E-state index contributed by atoms with van der Waals surface area (Å²) >= 11 is 7.54. The normalized spacial score (nSPS) is 15.0. The molecule has 0 aliphatic carbocycles. The van der Waals surface area contributed by atoms with Crippen molar-refractivity contribution >= 4 is 40.3 Å². The van der Waals surface area contributed by atoms with E-state index in [2.05, 4.69) is 27.0 Å². The minimum atomic E-state index is -0.200. The van der Waals surface area contributed by atoms with Crippen LogP contribution in [0.3, 0.4) is 0 Å². The fourth-order valence-electron chi connectivity index (χ4n) is 3.29. The Hall–Kier alpha value is -2.16. The second-order valence-electron chi connectivity index (χ2n) is 6.90. The van der Waals surface area contributed by atoms with E-state index in [1.807, 2.05) is 18.2 Å². The molecule has 0 radical (unpaired) electrons. The number of aryl methyl sites for hydroxylation is 1. The molecule has 1 aliphatic heterocycles. The Bertz CT molecular complexity index is 1000. The van der Waals surface area contributed by atoms with Crippen molar-refractivity contribution in [3.05, 3.63) is 41.0 Å². The van der Waals surface area contributed by atoms with Gasteiger partial charge >= 0.3 is 0 Å². The van der Waals surface area contributed by atoms with Crippen molar-refractivity contribution in [3.63, 3.8) is 0 Å². The predicted molar refractivity (Wildman–Crippen MR) is 112 cm³/mol. The molecule has 1 saturated heterocycles. The van der Waals surface area contributed by atoms with Gasteiger partial charge in [0.1, 0.15) is 5.03 Å². The Morgan fingerprint density at radius 1 is 1.28 bits per heavy atom. The lowest BCUT2D eigenvalue weighted by atomic mass is 10.1. The van der Waals surface area contributed by atoms with Crippen LogP contribution in [0.4, 0.5) is 0 Å². The van der Waals surface area contributed by atoms with Crippen molar-refractivity contribution in [2.45, 2.75) is 49.0 Å². The number of imidazole rings is 1. The van der Waals surface area contributed by atoms with Crippen LogP contribution in [-0.4, -0.2) is 44.9 Å². The largest absolute Gasteiger partial charge is 0.381 e. The van der Waals surface area contributed by atoms with E-state index in [1.165, 1.54) is 11.8 Å². The number of carbonyl (C=O) groups is 1. The summed E-state index contributed by atoms with van der Waals surface area (Å²) in [4.78, 5) is 17.1. The maximum Gasteiger partial charge on any atom is 0.272 e. The van der Waals surface area contributed by atoms with Crippen LogP contribution < -0.4 is 5.32 Å². The van der Waals surface area contributed by atoms with Crippen molar-refractivity contribution < 1.29 is 9.53 Å². The molecule has 1 aliphatic rings. The third kappa shape index (κ3) is 4.71. The van der Waals surface area contributed by atoms with Gasteiger partial charge in [-0.15, -0.1) is 10.2 Å². The quantitative estimate of drug-likeness (QED) is 0.636. The van der Waals surface area contributed by atoms with Crippen LogP contribution in [0.1, 0.15) is 36.7 Å². The standard InChI is InChI=1S/C20H22ClN5O2S/c1-2-9-26-17-5-3-13(21)12-16(17)23-20(26)29-18-6-4-15(24-25-18)19(27)22-14-7-10-28-11-8-14/h3-6,12,14H,2,7-11H2,1H3,(H,22,27). The van der Waals surface area contributed by atoms with E-state index < -0.39 is 0 Å². The average molecular weight is 432 g/mol. The number of carbonyl (C=O) groups excluding carboxylic acids is 1.